The van der Waals surface area contributed by atoms with Crippen LogP contribution >= 0.6 is 0 Å². The van der Waals surface area contributed by atoms with Crippen molar-refractivity contribution in [1.82, 2.24) is 5.43 Å². The second-order valence-corrected chi connectivity index (χ2v) is 6.95. The van der Waals surface area contributed by atoms with Gasteiger partial charge in [0.25, 0.3) is 5.91 Å². The average molecular weight is 380 g/mol. The van der Waals surface area contributed by atoms with Crippen molar-refractivity contribution in [3.05, 3.63) is 83.2 Å². The molecule has 0 heterocycles. The number of aliphatic carboxylic acids is 1. The van der Waals surface area contributed by atoms with E-state index in [4.69, 9.17) is 0 Å². The van der Waals surface area contributed by atoms with E-state index in [-0.39, 0.29) is 6.42 Å². The van der Waals surface area contributed by atoms with Crippen molar-refractivity contribution in [3.8, 4) is 0 Å². The van der Waals surface area contributed by atoms with Crippen molar-refractivity contribution in [2.75, 3.05) is 0 Å². The Morgan fingerprint density at radius 2 is 1.86 bits per heavy atom. The van der Waals surface area contributed by atoms with Crippen molar-refractivity contribution < 1.29 is 19.1 Å². The fourth-order valence-electron chi connectivity index (χ4n) is 3.54. The number of amides is 1. The maximum atomic E-state index is 13.3. The first kappa shape index (κ1) is 19.5. The quantitative estimate of drug-likeness (QED) is 0.358. The van der Waals surface area contributed by atoms with E-state index in [2.05, 4.69) is 10.5 Å². The van der Waals surface area contributed by atoms with Crippen LogP contribution in [0.3, 0.4) is 0 Å². The number of allylic oxidation sites excluding steroid dienone is 2. The Morgan fingerprint density at radius 3 is 2.50 bits per heavy atom. The third-order valence-electron chi connectivity index (χ3n) is 5.13. The Labute approximate surface area is 162 Å². The first-order chi connectivity index (χ1) is 13.4. The lowest BCUT2D eigenvalue weighted by Gasteiger charge is -2.38. The lowest BCUT2D eigenvalue weighted by atomic mass is 9.64. The Bertz CT molecular complexity index is 923. The summed E-state index contributed by atoms with van der Waals surface area (Å²) in [5.41, 5.74) is 3.06. The van der Waals surface area contributed by atoms with Gasteiger partial charge in [-0.25, -0.2) is 9.82 Å². The van der Waals surface area contributed by atoms with Gasteiger partial charge in [-0.3, -0.25) is 9.59 Å². The molecular formula is C22H21FN2O3. The molecule has 1 aliphatic carbocycles. The molecular weight excluding hydrogens is 359 g/mol. The standard InChI is InChI=1S/C22H21FN2O3/c1-15-11-12-22(21(27)28,19(13-15)17-7-9-18(23)10-8-17)20(26)25-24-14-16-5-3-2-4-6-16/h2-11,14,19H,12-13H2,1H3,(H,25,26)(H,27,28)/b24-14-/t19-,22+/m0/s1. The number of hydrogen-bond donors (Lipinski definition) is 2. The van der Waals surface area contributed by atoms with Crippen LogP contribution in [0.1, 0.15) is 36.8 Å². The molecule has 2 atom stereocenters. The molecule has 2 N–H and O–H groups in total. The number of hydrogen-bond acceptors (Lipinski definition) is 3. The second-order valence-electron chi connectivity index (χ2n) is 6.95. The molecule has 0 aliphatic heterocycles. The highest BCUT2D eigenvalue weighted by Gasteiger charge is 2.53. The number of hydrazone groups is 1. The van der Waals surface area contributed by atoms with Crippen LogP contribution in [-0.4, -0.2) is 23.2 Å². The molecule has 5 nitrogen and oxygen atoms in total. The maximum Gasteiger partial charge on any atom is 0.320 e. The van der Waals surface area contributed by atoms with Crippen molar-refractivity contribution in [1.29, 1.82) is 0 Å². The molecule has 2 aromatic rings. The van der Waals surface area contributed by atoms with Crippen LogP contribution in [0.15, 0.2) is 71.3 Å². The average Bonchev–Trinajstić information content (AvgIpc) is 2.69. The summed E-state index contributed by atoms with van der Waals surface area (Å²) in [5.74, 6) is -2.95. The Morgan fingerprint density at radius 1 is 1.18 bits per heavy atom. The fourth-order valence-corrected chi connectivity index (χ4v) is 3.54. The molecule has 0 spiro atoms. The normalized spacial score (nSPS) is 21.9. The van der Waals surface area contributed by atoms with E-state index in [1.54, 1.807) is 6.08 Å². The molecule has 28 heavy (non-hydrogen) atoms. The highest BCUT2D eigenvalue weighted by atomic mass is 19.1. The molecule has 2 aromatic carbocycles. The van der Waals surface area contributed by atoms with E-state index in [0.717, 1.165) is 11.1 Å². The minimum Gasteiger partial charge on any atom is -0.480 e. The van der Waals surface area contributed by atoms with Gasteiger partial charge in [0.2, 0.25) is 0 Å². The first-order valence-corrected chi connectivity index (χ1v) is 8.96. The molecule has 0 bridgehead atoms. The molecule has 0 aromatic heterocycles. The number of halogens is 1. The topological polar surface area (TPSA) is 78.8 Å². The smallest absolute Gasteiger partial charge is 0.320 e. The van der Waals surface area contributed by atoms with Gasteiger partial charge in [-0.2, -0.15) is 5.10 Å². The van der Waals surface area contributed by atoms with Crippen molar-refractivity contribution in [2.45, 2.75) is 25.7 Å². The molecule has 0 saturated carbocycles. The van der Waals surface area contributed by atoms with Crippen LogP contribution in [0.5, 0.6) is 0 Å². The third kappa shape index (κ3) is 3.86. The number of rotatable bonds is 5. The van der Waals surface area contributed by atoms with Crippen molar-refractivity contribution >= 4 is 18.1 Å². The minimum absolute atomic E-state index is 0.0445. The zero-order valence-electron chi connectivity index (χ0n) is 15.4. The summed E-state index contributed by atoms with van der Waals surface area (Å²) >= 11 is 0. The van der Waals surface area contributed by atoms with Crippen LogP contribution in [0.2, 0.25) is 0 Å². The molecule has 1 aliphatic rings. The van der Waals surface area contributed by atoms with Crippen molar-refractivity contribution in [3.63, 3.8) is 0 Å². The highest BCUT2D eigenvalue weighted by Crippen LogP contribution is 2.47. The van der Waals surface area contributed by atoms with Gasteiger partial charge in [-0.05, 0) is 43.0 Å². The number of benzene rings is 2. The number of carbonyl (C=O) groups is 2. The maximum absolute atomic E-state index is 13.3. The number of carboxylic acids is 1. The summed E-state index contributed by atoms with van der Waals surface area (Å²) in [6.07, 6.45) is 3.68. The fraction of sp³-hybridized carbons (Fsp3) is 0.227. The Kier molecular flexibility index (Phi) is 5.68. The van der Waals surface area contributed by atoms with E-state index >= 15 is 0 Å². The number of carboxylic acid groups (broad SMARTS) is 1. The van der Waals surface area contributed by atoms with Gasteiger partial charge < -0.3 is 5.11 Å². The summed E-state index contributed by atoms with van der Waals surface area (Å²) in [6, 6.07) is 14.8. The van der Waals surface area contributed by atoms with Crippen LogP contribution < -0.4 is 5.43 Å². The van der Waals surface area contributed by atoms with Gasteiger partial charge in [0.05, 0.1) is 6.21 Å². The number of nitrogens with zero attached hydrogens (tertiary/aromatic N) is 1. The zero-order chi connectivity index (χ0) is 20.1. The molecule has 1 amide bonds. The second kappa shape index (κ2) is 8.17. The van der Waals surface area contributed by atoms with Gasteiger partial charge in [-0.15, -0.1) is 0 Å². The summed E-state index contributed by atoms with van der Waals surface area (Å²) < 4.78 is 13.3. The van der Waals surface area contributed by atoms with Gasteiger partial charge in [0.1, 0.15) is 5.82 Å². The molecule has 0 radical (unpaired) electrons. The van der Waals surface area contributed by atoms with E-state index in [1.165, 1.54) is 30.5 Å². The summed E-state index contributed by atoms with van der Waals surface area (Å²) in [4.78, 5) is 25.3. The first-order valence-electron chi connectivity index (χ1n) is 8.96. The van der Waals surface area contributed by atoms with Crippen LogP contribution in [-0.2, 0) is 9.59 Å². The highest BCUT2D eigenvalue weighted by molar-refractivity contribution is 6.03. The van der Waals surface area contributed by atoms with E-state index in [9.17, 15) is 19.1 Å². The van der Waals surface area contributed by atoms with Crippen LogP contribution in [0, 0.1) is 11.2 Å². The van der Waals surface area contributed by atoms with Gasteiger partial charge in [0, 0.05) is 5.92 Å². The molecule has 0 saturated heterocycles. The lowest BCUT2D eigenvalue weighted by molar-refractivity contribution is -0.158. The third-order valence-corrected chi connectivity index (χ3v) is 5.13. The monoisotopic (exact) mass is 380 g/mol. The number of carbonyl (C=O) groups excluding carboxylic acids is 1. The lowest BCUT2D eigenvalue weighted by Crippen LogP contribution is -2.50. The van der Waals surface area contributed by atoms with Gasteiger partial charge >= 0.3 is 5.97 Å². The molecule has 0 fully saturated rings. The predicted molar refractivity (Wildman–Crippen MR) is 104 cm³/mol. The minimum atomic E-state index is -1.72. The zero-order valence-corrected chi connectivity index (χ0v) is 15.4. The molecule has 144 valence electrons. The van der Waals surface area contributed by atoms with Gasteiger partial charge in [0.15, 0.2) is 5.41 Å². The Hall–Kier alpha value is -3.28. The SMILES string of the molecule is CC1=CC[C@](C(=O)O)(C(=O)N/N=C\c2ccccc2)[C@H](c2ccc(F)cc2)C1. The summed E-state index contributed by atoms with van der Waals surface area (Å²) in [6.45, 7) is 1.90. The van der Waals surface area contributed by atoms with Gasteiger partial charge in [-0.1, -0.05) is 54.1 Å². The molecule has 3 rings (SSSR count). The van der Waals surface area contributed by atoms with E-state index in [1.807, 2.05) is 37.3 Å². The molecule has 6 heteroatoms. The summed E-state index contributed by atoms with van der Waals surface area (Å²) in [7, 11) is 0. The van der Waals surface area contributed by atoms with Crippen LogP contribution in [0.4, 0.5) is 4.39 Å². The van der Waals surface area contributed by atoms with Crippen LogP contribution in [0.25, 0.3) is 0 Å². The largest absolute Gasteiger partial charge is 0.480 e. The van der Waals surface area contributed by atoms with Crippen molar-refractivity contribution in [2.24, 2.45) is 10.5 Å². The molecule has 0 unspecified atom stereocenters. The number of nitrogens with one attached hydrogen (secondary N) is 1. The predicted octanol–water partition coefficient (Wildman–Crippen LogP) is 3.87. The van der Waals surface area contributed by atoms with E-state index < -0.39 is 29.0 Å². The van der Waals surface area contributed by atoms with E-state index in [0.29, 0.717) is 12.0 Å². The Balaban J connectivity index is 1.93. The summed E-state index contributed by atoms with van der Waals surface area (Å²) in [5, 5.41) is 14.0.